The summed E-state index contributed by atoms with van der Waals surface area (Å²) < 4.78 is 29.6. The lowest BCUT2D eigenvalue weighted by molar-refractivity contribution is -0.143. The fourth-order valence-electron chi connectivity index (χ4n) is 4.47. The van der Waals surface area contributed by atoms with Crippen molar-refractivity contribution in [2.24, 2.45) is 4.99 Å². The minimum absolute atomic E-state index is 0.295. The fourth-order valence-corrected chi connectivity index (χ4v) is 5.51. The topological polar surface area (TPSA) is 97.6 Å². The molecule has 0 radical (unpaired) electrons. The van der Waals surface area contributed by atoms with E-state index in [0.717, 1.165) is 5.56 Å². The number of hydrogen-bond donors (Lipinski definition) is 0. The standard InChI is InChI=1S/C29H32N2O7S/c1-8-37-20-12-9-18(10-13-20)24-23(28(33)38-16(2)3)17(4)30-29-31(24)27(32)22(39-29)15-19-11-14-21(34-5)26(36-7)25(19)35-6/h9-16,24H,8H2,1-7H3/b22-15+/t24-/m0/s1. The van der Waals surface area contributed by atoms with Crippen molar-refractivity contribution in [1.29, 1.82) is 0 Å². The first kappa shape index (κ1) is 28.0. The van der Waals surface area contributed by atoms with Crippen molar-refractivity contribution in [3.05, 3.63) is 78.5 Å². The first-order valence-electron chi connectivity index (χ1n) is 12.5. The van der Waals surface area contributed by atoms with Crippen LogP contribution in [0.1, 0.15) is 44.9 Å². The summed E-state index contributed by atoms with van der Waals surface area (Å²) in [6, 6.07) is 10.2. The Bertz CT molecular complexity index is 1580. The molecule has 0 saturated carbocycles. The van der Waals surface area contributed by atoms with Gasteiger partial charge in [0, 0.05) is 5.56 Å². The third kappa shape index (κ3) is 5.42. The Kier molecular flexibility index (Phi) is 8.44. The molecule has 9 nitrogen and oxygen atoms in total. The van der Waals surface area contributed by atoms with Gasteiger partial charge in [-0.15, -0.1) is 0 Å². The molecule has 0 fully saturated rings. The third-order valence-corrected chi connectivity index (χ3v) is 7.10. The van der Waals surface area contributed by atoms with E-state index >= 15 is 0 Å². The number of hydrogen-bond acceptors (Lipinski definition) is 9. The van der Waals surface area contributed by atoms with Gasteiger partial charge in [-0.05, 0) is 63.6 Å². The Hall–Kier alpha value is -4.05. The second-order valence-electron chi connectivity index (χ2n) is 8.96. The van der Waals surface area contributed by atoms with Crippen molar-refractivity contribution >= 4 is 23.4 Å². The number of ether oxygens (including phenoxy) is 5. The van der Waals surface area contributed by atoms with Gasteiger partial charge in [0.05, 0.1) is 55.9 Å². The van der Waals surface area contributed by atoms with Gasteiger partial charge in [0.1, 0.15) is 5.75 Å². The summed E-state index contributed by atoms with van der Waals surface area (Å²) in [5.74, 6) is 1.54. The summed E-state index contributed by atoms with van der Waals surface area (Å²) in [5.41, 5.74) is 1.89. The van der Waals surface area contributed by atoms with E-state index in [2.05, 4.69) is 4.99 Å². The summed E-state index contributed by atoms with van der Waals surface area (Å²) >= 11 is 1.23. The van der Waals surface area contributed by atoms with E-state index in [9.17, 15) is 9.59 Å². The van der Waals surface area contributed by atoms with Crippen LogP contribution in [0.5, 0.6) is 23.0 Å². The smallest absolute Gasteiger partial charge is 0.338 e. The molecule has 0 bridgehead atoms. The van der Waals surface area contributed by atoms with Crippen LogP contribution in [-0.4, -0.2) is 44.6 Å². The van der Waals surface area contributed by atoms with E-state index < -0.39 is 12.0 Å². The van der Waals surface area contributed by atoms with Crippen molar-refractivity contribution in [2.45, 2.75) is 39.8 Å². The van der Waals surface area contributed by atoms with Crippen molar-refractivity contribution in [1.82, 2.24) is 4.57 Å². The zero-order chi connectivity index (χ0) is 28.3. The van der Waals surface area contributed by atoms with Crippen LogP contribution in [0.15, 0.2) is 57.5 Å². The predicted octanol–water partition coefficient (Wildman–Crippen LogP) is 3.61. The average molecular weight is 553 g/mol. The van der Waals surface area contributed by atoms with Crippen LogP contribution in [0.25, 0.3) is 6.08 Å². The molecule has 1 aromatic heterocycles. The van der Waals surface area contributed by atoms with Crippen molar-refractivity contribution in [3.8, 4) is 23.0 Å². The molecule has 0 spiro atoms. The maximum absolute atomic E-state index is 13.9. The zero-order valence-corrected chi connectivity index (χ0v) is 23.9. The molecule has 0 saturated heterocycles. The molecule has 2 aromatic carbocycles. The number of esters is 1. The average Bonchev–Trinajstić information content (AvgIpc) is 3.21. The summed E-state index contributed by atoms with van der Waals surface area (Å²) in [7, 11) is 4.59. The minimum atomic E-state index is -0.724. The lowest BCUT2D eigenvalue weighted by atomic mass is 9.96. The Morgan fingerprint density at radius 1 is 1.05 bits per heavy atom. The van der Waals surface area contributed by atoms with Crippen LogP contribution in [0.2, 0.25) is 0 Å². The number of nitrogens with zero attached hydrogens (tertiary/aromatic N) is 2. The Morgan fingerprint density at radius 3 is 2.33 bits per heavy atom. The van der Waals surface area contributed by atoms with Gasteiger partial charge in [0.25, 0.3) is 5.56 Å². The van der Waals surface area contributed by atoms with E-state index in [4.69, 9.17) is 23.7 Å². The minimum Gasteiger partial charge on any atom is -0.494 e. The molecule has 0 N–H and O–H groups in total. The molecule has 2 heterocycles. The maximum Gasteiger partial charge on any atom is 0.338 e. The molecular weight excluding hydrogens is 520 g/mol. The number of fused-ring (bicyclic) bond motifs is 1. The highest BCUT2D eigenvalue weighted by molar-refractivity contribution is 7.07. The summed E-state index contributed by atoms with van der Waals surface area (Å²) in [6.07, 6.45) is 1.39. The summed E-state index contributed by atoms with van der Waals surface area (Å²) in [5, 5.41) is 0. The third-order valence-electron chi connectivity index (χ3n) is 6.11. The van der Waals surface area contributed by atoms with Gasteiger partial charge in [-0.2, -0.15) is 0 Å². The van der Waals surface area contributed by atoms with E-state index in [1.807, 2.05) is 31.2 Å². The number of carbonyl (C=O) groups excluding carboxylic acids is 1. The summed E-state index contributed by atoms with van der Waals surface area (Å²) in [4.78, 5) is 32.3. The van der Waals surface area contributed by atoms with Gasteiger partial charge >= 0.3 is 5.97 Å². The monoisotopic (exact) mass is 552 g/mol. The molecule has 10 heteroatoms. The van der Waals surface area contributed by atoms with Gasteiger partial charge in [-0.3, -0.25) is 9.36 Å². The van der Waals surface area contributed by atoms with Crippen LogP contribution in [0.4, 0.5) is 0 Å². The number of rotatable bonds is 9. The van der Waals surface area contributed by atoms with Crippen LogP contribution >= 0.6 is 11.3 Å². The highest BCUT2D eigenvalue weighted by Crippen LogP contribution is 2.40. The molecule has 1 aliphatic heterocycles. The van der Waals surface area contributed by atoms with Crippen molar-refractivity contribution in [2.75, 3.05) is 27.9 Å². The Balaban J connectivity index is 1.94. The Labute approximate surface area is 230 Å². The van der Waals surface area contributed by atoms with E-state index in [-0.39, 0.29) is 11.7 Å². The molecular formula is C29H32N2O7S. The van der Waals surface area contributed by atoms with Gasteiger partial charge in [0.15, 0.2) is 16.3 Å². The number of aromatic nitrogens is 1. The maximum atomic E-state index is 13.9. The number of allylic oxidation sites excluding steroid dienone is 1. The molecule has 39 heavy (non-hydrogen) atoms. The second kappa shape index (κ2) is 11.8. The second-order valence-corrected chi connectivity index (χ2v) is 9.97. The molecule has 0 aliphatic carbocycles. The molecule has 206 valence electrons. The van der Waals surface area contributed by atoms with Gasteiger partial charge in [-0.25, -0.2) is 9.79 Å². The first-order valence-corrected chi connectivity index (χ1v) is 13.3. The van der Waals surface area contributed by atoms with Gasteiger partial charge in [-0.1, -0.05) is 23.5 Å². The zero-order valence-electron chi connectivity index (χ0n) is 23.1. The van der Waals surface area contributed by atoms with E-state index in [0.29, 0.717) is 55.8 Å². The normalized spacial score (nSPS) is 15.1. The van der Waals surface area contributed by atoms with Crippen LogP contribution < -0.4 is 33.8 Å². The molecule has 0 unspecified atom stereocenters. The number of thiazole rings is 1. The number of carbonyl (C=O) groups is 1. The molecule has 0 amide bonds. The molecule has 3 aromatic rings. The molecule has 4 rings (SSSR count). The quantitative estimate of drug-likeness (QED) is 0.374. The lowest BCUT2D eigenvalue weighted by Crippen LogP contribution is -2.40. The highest BCUT2D eigenvalue weighted by atomic mass is 32.1. The lowest BCUT2D eigenvalue weighted by Gasteiger charge is -2.25. The van der Waals surface area contributed by atoms with E-state index in [1.165, 1.54) is 25.6 Å². The van der Waals surface area contributed by atoms with E-state index in [1.54, 1.807) is 50.7 Å². The first-order chi connectivity index (χ1) is 18.7. The molecule has 1 atom stereocenters. The van der Waals surface area contributed by atoms with Crippen LogP contribution in [-0.2, 0) is 9.53 Å². The van der Waals surface area contributed by atoms with Crippen molar-refractivity contribution < 1.29 is 28.5 Å². The fraction of sp³-hybridized carbons (Fsp3) is 0.345. The number of benzene rings is 2. The van der Waals surface area contributed by atoms with Crippen LogP contribution in [0, 0.1) is 0 Å². The molecule has 1 aliphatic rings. The number of methoxy groups -OCH3 is 3. The Morgan fingerprint density at radius 2 is 1.74 bits per heavy atom. The summed E-state index contributed by atoms with van der Waals surface area (Å²) in [6.45, 7) is 7.76. The SMILES string of the molecule is CCOc1ccc([C@H]2C(C(=O)OC(C)C)=C(C)N=c3s/c(=C/c4ccc(OC)c(OC)c4OC)c(=O)n32)cc1. The van der Waals surface area contributed by atoms with Crippen LogP contribution in [0.3, 0.4) is 0 Å². The van der Waals surface area contributed by atoms with Gasteiger partial charge < -0.3 is 23.7 Å². The highest BCUT2D eigenvalue weighted by Gasteiger charge is 2.34. The predicted molar refractivity (Wildman–Crippen MR) is 149 cm³/mol. The largest absolute Gasteiger partial charge is 0.494 e. The van der Waals surface area contributed by atoms with Gasteiger partial charge in [0.2, 0.25) is 5.75 Å². The van der Waals surface area contributed by atoms with Crippen molar-refractivity contribution in [3.63, 3.8) is 0 Å².